The molecule has 0 unspecified atom stereocenters. The first-order valence-corrected chi connectivity index (χ1v) is 11.0. The van der Waals surface area contributed by atoms with E-state index in [2.05, 4.69) is 10.3 Å². The SMILES string of the molecule is CCCCc1nc(C(F)(F)F)ccc1C(=O)NCc1cc(F)c(NS(C)(=O)=O)c(F)c1. The number of hydrogen-bond donors (Lipinski definition) is 2. The fraction of sp³-hybridized carbons (Fsp3) is 0.368. The smallest absolute Gasteiger partial charge is 0.348 e. The lowest BCUT2D eigenvalue weighted by molar-refractivity contribution is -0.141. The first-order valence-electron chi connectivity index (χ1n) is 9.13. The summed E-state index contributed by atoms with van der Waals surface area (Å²) in [6.45, 7) is 1.48. The van der Waals surface area contributed by atoms with E-state index < -0.39 is 45.1 Å². The summed E-state index contributed by atoms with van der Waals surface area (Å²) in [6, 6.07) is 3.37. The number of sulfonamides is 1. The van der Waals surface area contributed by atoms with E-state index in [1.165, 1.54) is 0 Å². The van der Waals surface area contributed by atoms with Crippen LogP contribution in [-0.4, -0.2) is 25.6 Å². The maximum absolute atomic E-state index is 14.1. The summed E-state index contributed by atoms with van der Waals surface area (Å²) in [4.78, 5) is 16.0. The van der Waals surface area contributed by atoms with Crippen molar-refractivity contribution < 1.29 is 35.2 Å². The fourth-order valence-electron chi connectivity index (χ4n) is 2.69. The third kappa shape index (κ3) is 6.88. The number of nitrogens with zero attached hydrogens (tertiary/aromatic N) is 1. The molecule has 0 saturated heterocycles. The lowest BCUT2D eigenvalue weighted by Gasteiger charge is -2.13. The van der Waals surface area contributed by atoms with Crippen LogP contribution in [0.4, 0.5) is 27.6 Å². The number of carbonyl (C=O) groups excluding carboxylic acids is 1. The largest absolute Gasteiger partial charge is 0.433 e. The molecule has 1 heterocycles. The van der Waals surface area contributed by atoms with Crippen LogP contribution in [0.2, 0.25) is 0 Å². The van der Waals surface area contributed by atoms with Gasteiger partial charge in [0.25, 0.3) is 5.91 Å². The second-order valence-corrected chi connectivity index (χ2v) is 8.53. The summed E-state index contributed by atoms with van der Waals surface area (Å²) in [7, 11) is -3.91. The minimum absolute atomic E-state index is 0.0163. The Kier molecular flexibility index (Phi) is 7.58. The van der Waals surface area contributed by atoms with Gasteiger partial charge in [-0.25, -0.2) is 22.2 Å². The Morgan fingerprint density at radius 2 is 1.74 bits per heavy atom. The highest BCUT2D eigenvalue weighted by molar-refractivity contribution is 7.92. The molecule has 2 N–H and O–H groups in total. The molecule has 0 saturated carbocycles. The zero-order chi connectivity index (χ0) is 23.4. The van der Waals surface area contributed by atoms with Crippen LogP contribution in [0, 0.1) is 11.6 Å². The zero-order valence-electron chi connectivity index (χ0n) is 16.6. The molecule has 0 bridgehead atoms. The summed E-state index contributed by atoms with van der Waals surface area (Å²) in [5.74, 6) is -3.13. The number of carbonyl (C=O) groups is 1. The number of anilines is 1. The van der Waals surface area contributed by atoms with Crippen LogP contribution in [0.3, 0.4) is 0 Å². The fourth-order valence-corrected chi connectivity index (χ4v) is 3.25. The standard InChI is InChI=1S/C19H20F5N3O3S/c1-3-4-5-15-12(6-7-16(26-15)19(22,23)24)18(28)25-10-11-8-13(20)17(14(21)9-11)27-31(2,29)30/h6-9,27H,3-5,10H2,1-2H3,(H,25,28). The molecule has 2 aromatic rings. The third-order valence-electron chi connectivity index (χ3n) is 4.12. The van der Waals surface area contributed by atoms with E-state index in [-0.39, 0.29) is 29.8 Å². The average molecular weight is 465 g/mol. The van der Waals surface area contributed by atoms with Gasteiger partial charge >= 0.3 is 6.18 Å². The molecule has 6 nitrogen and oxygen atoms in total. The minimum atomic E-state index is -4.66. The number of pyridine rings is 1. The van der Waals surface area contributed by atoms with E-state index in [0.717, 1.165) is 24.5 Å². The molecular formula is C19H20F5N3O3S. The van der Waals surface area contributed by atoms with E-state index >= 15 is 0 Å². The molecule has 1 aromatic heterocycles. The topological polar surface area (TPSA) is 88.2 Å². The number of nitrogens with one attached hydrogen (secondary N) is 2. The zero-order valence-corrected chi connectivity index (χ0v) is 17.4. The van der Waals surface area contributed by atoms with Crippen LogP contribution in [-0.2, 0) is 29.2 Å². The lowest BCUT2D eigenvalue weighted by atomic mass is 10.1. The van der Waals surface area contributed by atoms with Gasteiger partial charge in [-0.05, 0) is 42.7 Å². The highest BCUT2D eigenvalue weighted by Gasteiger charge is 2.33. The van der Waals surface area contributed by atoms with Crippen molar-refractivity contribution in [1.82, 2.24) is 10.3 Å². The Labute approximate surface area is 175 Å². The van der Waals surface area contributed by atoms with Crippen molar-refractivity contribution in [1.29, 1.82) is 0 Å². The van der Waals surface area contributed by atoms with E-state index in [9.17, 15) is 35.2 Å². The van der Waals surface area contributed by atoms with Crippen molar-refractivity contribution in [2.24, 2.45) is 0 Å². The van der Waals surface area contributed by atoms with Crippen LogP contribution in [0.25, 0.3) is 0 Å². The van der Waals surface area contributed by atoms with Gasteiger partial charge in [0.2, 0.25) is 10.0 Å². The molecule has 0 spiro atoms. The molecule has 31 heavy (non-hydrogen) atoms. The van der Waals surface area contributed by atoms with Gasteiger partial charge in [-0.2, -0.15) is 13.2 Å². The minimum Gasteiger partial charge on any atom is -0.348 e. The Bertz CT molecular complexity index is 1050. The van der Waals surface area contributed by atoms with Gasteiger partial charge < -0.3 is 5.32 Å². The summed E-state index contributed by atoms with van der Waals surface area (Å²) >= 11 is 0. The quantitative estimate of drug-likeness (QED) is 0.577. The number of benzene rings is 1. The molecule has 0 aliphatic rings. The van der Waals surface area contributed by atoms with Gasteiger partial charge in [0.05, 0.1) is 17.5 Å². The Hall–Kier alpha value is -2.76. The van der Waals surface area contributed by atoms with Gasteiger partial charge in [0, 0.05) is 6.54 Å². The van der Waals surface area contributed by atoms with E-state index in [1.54, 1.807) is 4.72 Å². The maximum atomic E-state index is 14.1. The van der Waals surface area contributed by atoms with Crippen molar-refractivity contribution in [3.8, 4) is 0 Å². The first-order chi connectivity index (χ1) is 14.3. The predicted molar refractivity (Wildman–Crippen MR) is 104 cm³/mol. The number of aryl methyl sites for hydroxylation is 1. The van der Waals surface area contributed by atoms with E-state index in [0.29, 0.717) is 18.9 Å². The second-order valence-electron chi connectivity index (χ2n) is 6.78. The number of alkyl halides is 3. The molecule has 0 atom stereocenters. The van der Waals surface area contributed by atoms with Gasteiger partial charge in [-0.15, -0.1) is 0 Å². The van der Waals surface area contributed by atoms with Gasteiger partial charge in [-0.1, -0.05) is 13.3 Å². The average Bonchev–Trinajstić information content (AvgIpc) is 2.65. The highest BCUT2D eigenvalue weighted by Crippen LogP contribution is 2.29. The number of amides is 1. The van der Waals surface area contributed by atoms with Crippen LogP contribution < -0.4 is 10.0 Å². The highest BCUT2D eigenvalue weighted by atomic mass is 32.2. The molecule has 1 aromatic carbocycles. The molecule has 0 radical (unpaired) electrons. The van der Waals surface area contributed by atoms with Crippen molar-refractivity contribution in [2.75, 3.05) is 11.0 Å². The number of aromatic nitrogens is 1. The van der Waals surface area contributed by atoms with Crippen LogP contribution in [0.15, 0.2) is 24.3 Å². The van der Waals surface area contributed by atoms with Crippen molar-refractivity contribution in [3.05, 3.63) is 58.4 Å². The number of unbranched alkanes of at least 4 members (excludes halogenated alkanes) is 1. The summed E-state index contributed by atoms with van der Waals surface area (Å²) in [5, 5.41) is 2.38. The van der Waals surface area contributed by atoms with Crippen LogP contribution >= 0.6 is 0 Å². The number of hydrogen-bond acceptors (Lipinski definition) is 4. The van der Waals surface area contributed by atoms with Gasteiger partial charge in [0.15, 0.2) is 11.6 Å². The Morgan fingerprint density at radius 3 is 2.26 bits per heavy atom. The molecule has 1 amide bonds. The first kappa shape index (κ1) is 24.5. The normalized spacial score (nSPS) is 12.0. The number of rotatable bonds is 8. The van der Waals surface area contributed by atoms with Crippen molar-refractivity contribution >= 4 is 21.6 Å². The summed E-state index contributed by atoms with van der Waals surface area (Å²) < 4.78 is 91.0. The second kappa shape index (κ2) is 9.58. The number of halogens is 5. The molecule has 0 fully saturated rings. The summed E-state index contributed by atoms with van der Waals surface area (Å²) in [6.07, 6.45) is -2.59. The van der Waals surface area contributed by atoms with Crippen LogP contribution in [0.1, 0.15) is 47.1 Å². The van der Waals surface area contributed by atoms with Gasteiger partial charge in [-0.3, -0.25) is 9.52 Å². The maximum Gasteiger partial charge on any atom is 0.433 e. The van der Waals surface area contributed by atoms with E-state index in [4.69, 9.17) is 0 Å². The third-order valence-corrected chi connectivity index (χ3v) is 4.69. The van der Waals surface area contributed by atoms with Crippen molar-refractivity contribution in [3.63, 3.8) is 0 Å². The van der Waals surface area contributed by atoms with Gasteiger partial charge in [0.1, 0.15) is 11.4 Å². The molecule has 170 valence electrons. The monoisotopic (exact) mass is 465 g/mol. The van der Waals surface area contributed by atoms with Crippen LogP contribution in [0.5, 0.6) is 0 Å². The molecule has 0 aliphatic carbocycles. The summed E-state index contributed by atoms with van der Waals surface area (Å²) in [5.41, 5.74) is -2.09. The Morgan fingerprint density at radius 1 is 1.13 bits per heavy atom. The Balaban J connectivity index is 2.22. The van der Waals surface area contributed by atoms with E-state index in [1.807, 2.05) is 6.92 Å². The molecule has 2 rings (SSSR count). The molecule has 0 aliphatic heterocycles. The lowest BCUT2D eigenvalue weighted by Crippen LogP contribution is -2.25. The predicted octanol–water partition coefficient (Wildman–Crippen LogP) is 4.02. The van der Waals surface area contributed by atoms with Crippen molar-refractivity contribution in [2.45, 2.75) is 38.9 Å². The molecular weight excluding hydrogens is 445 g/mol. The molecule has 12 heteroatoms.